The molecule has 0 atom stereocenters. The Morgan fingerprint density at radius 2 is 2.04 bits per heavy atom. The minimum absolute atomic E-state index is 0.256. The summed E-state index contributed by atoms with van der Waals surface area (Å²) in [4.78, 5) is 23.4. The first-order chi connectivity index (χ1) is 12.6. The van der Waals surface area contributed by atoms with Crippen LogP contribution in [0.25, 0.3) is 0 Å². The lowest BCUT2D eigenvalue weighted by atomic mass is 10.0. The summed E-state index contributed by atoms with van der Waals surface area (Å²) in [5.41, 5.74) is 8.55. The summed E-state index contributed by atoms with van der Waals surface area (Å²) in [5.74, 6) is -0.138. The highest BCUT2D eigenvalue weighted by Crippen LogP contribution is 2.29. The van der Waals surface area contributed by atoms with Gasteiger partial charge in [0.05, 0.1) is 7.11 Å². The molecule has 0 aliphatic carbocycles. The molecule has 26 heavy (non-hydrogen) atoms. The number of ether oxygens (including phenoxy) is 2. The van der Waals surface area contributed by atoms with Gasteiger partial charge in [-0.25, -0.2) is 0 Å². The van der Waals surface area contributed by atoms with E-state index in [1.54, 1.807) is 18.2 Å². The van der Waals surface area contributed by atoms with Gasteiger partial charge < -0.3 is 25.8 Å². The standard InChI is InChI=1S/C19H21N3O4/c1-25-17-10-13(4-7-16(17)26-11-18(20)23)19(24)22-14-5-6-15-12(9-14)3-2-8-21-15/h4-7,9-10,21H,2-3,8,11H2,1H3,(H2,20,23)(H,22,24). The Hall–Kier alpha value is -3.22. The van der Waals surface area contributed by atoms with Crippen molar-refractivity contribution in [2.75, 3.05) is 30.9 Å². The molecule has 0 aromatic heterocycles. The highest BCUT2D eigenvalue weighted by atomic mass is 16.5. The number of hydrogen-bond donors (Lipinski definition) is 3. The number of carbonyl (C=O) groups is 2. The molecule has 0 bridgehead atoms. The van der Waals surface area contributed by atoms with Crippen LogP contribution >= 0.6 is 0 Å². The zero-order chi connectivity index (χ0) is 18.5. The highest BCUT2D eigenvalue weighted by Gasteiger charge is 2.14. The van der Waals surface area contributed by atoms with Crippen LogP contribution in [-0.2, 0) is 11.2 Å². The quantitative estimate of drug-likeness (QED) is 0.737. The second-order valence-corrected chi connectivity index (χ2v) is 5.98. The Balaban J connectivity index is 1.74. The molecule has 1 aliphatic rings. The van der Waals surface area contributed by atoms with Crippen LogP contribution in [0.4, 0.5) is 11.4 Å². The van der Waals surface area contributed by atoms with E-state index in [1.807, 2.05) is 18.2 Å². The fourth-order valence-electron chi connectivity index (χ4n) is 2.83. The minimum Gasteiger partial charge on any atom is -0.493 e. The maximum absolute atomic E-state index is 12.5. The number of rotatable bonds is 6. The normalized spacial score (nSPS) is 12.5. The number of methoxy groups -OCH3 is 1. The van der Waals surface area contributed by atoms with Gasteiger partial charge in [-0.1, -0.05) is 0 Å². The van der Waals surface area contributed by atoms with Gasteiger partial charge in [-0.3, -0.25) is 9.59 Å². The van der Waals surface area contributed by atoms with Gasteiger partial charge in [-0.05, 0) is 54.8 Å². The van der Waals surface area contributed by atoms with Gasteiger partial charge in [0, 0.05) is 23.5 Å². The van der Waals surface area contributed by atoms with E-state index < -0.39 is 5.91 Å². The lowest BCUT2D eigenvalue weighted by Gasteiger charge is -2.19. The van der Waals surface area contributed by atoms with Crippen LogP contribution in [0, 0.1) is 0 Å². The molecule has 2 amide bonds. The van der Waals surface area contributed by atoms with Crippen LogP contribution in [0.5, 0.6) is 11.5 Å². The van der Waals surface area contributed by atoms with E-state index in [0.29, 0.717) is 17.1 Å². The third-order valence-electron chi connectivity index (χ3n) is 4.10. The molecule has 0 saturated carbocycles. The van der Waals surface area contributed by atoms with Crippen molar-refractivity contribution in [2.45, 2.75) is 12.8 Å². The van der Waals surface area contributed by atoms with Crippen LogP contribution in [0.15, 0.2) is 36.4 Å². The second kappa shape index (κ2) is 7.77. The molecule has 136 valence electrons. The predicted molar refractivity (Wildman–Crippen MR) is 98.9 cm³/mol. The van der Waals surface area contributed by atoms with Gasteiger partial charge in [-0.15, -0.1) is 0 Å². The van der Waals surface area contributed by atoms with Gasteiger partial charge in [0.1, 0.15) is 0 Å². The molecule has 0 spiro atoms. The lowest BCUT2D eigenvalue weighted by Crippen LogP contribution is -2.20. The molecule has 1 heterocycles. The van der Waals surface area contributed by atoms with Crippen molar-refractivity contribution in [3.05, 3.63) is 47.5 Å². The second-order valence-electron chi connectivity index (χ2n) is 5.98. The maximum atomic E-state index is 12.5. The average Bonchev–Trinajstić information content (AvgIpc) is 2.66. The van der Waals surface area contributed by atoms with Crippen LogP contribution in [0.3, 0.4) is 0 Å². The van der Waals surface area contributed by atoms with E-state index >= 15 is 0 Å². The van der Waals surface area contributed by atoms with Crippen molar-refractivity contribution in [3.8, 4) is 11.5 Å². The van der Waals surface area contributed by atoms with Gasteiger partial charge in [0.2, 0.25) is 0 Å². The van der Waals surface area contributed by atoms with E-state index in [9.17, 15) is 9.59 Å². The van der Waals surface area contributed by atoms with Crippen LogP contribution in [0.1, 0.15) is 22.3 Å². The predicted octanol–water partition coefficient (Wildman–Crippen LogP) is 2.17. The fraction of sp³-hybridized carbons (Fsp3) is 0.263. The number of carbonyl (C=O) groups excluding carboxylic acids is 2. The van der Waals surface area contributed by atoms with E-state index in [-0.39, 0.29) is 12.5 Å². The van der Waals surface area contributed by atoms with Crippen LogP contribution in [-0.4, -0.2) is 32.1 Å². The van der Waals surface area contributed by atoms with Crippen molar-refractivity contribution < 1.29 is 19.1 Å². The van der Waals surface area contributed by atoms with E-state index in [0.717, 1.165) is 30.8 Å². The van der Waals surface area contributed by atoms with Crippen molar-refractivity contribution >= 4 is 23.2 Å². The summed E-state index contributed by atoms with van der Waals surface area (Å²) in [6.07, 6.45) is 2.07. The molecule has 7 nitrogen and oxygen atoms in total. The number of hydrogen-bond acceptors (Lipinski definition) is 5. The summed E-state index contributed by atoms with van der Waals surface area (Å²) in [5, 5.41) is 6.23. The van der Waals surface area contributed by atoms with E-state index in [2.05, 4.69) is 10.6 Å². The zero-order valence-corrected chi connectivity index (χ0v) is 14.5. The lowest BCUT2D eigenvalue weighted by molar-refractivity contribution is -0.119. The highest BCUT2D eigenvalue weighted by molar-refractivity contribution is 6.04. The van der Waals surface area contributed by atoms with E-state index in [4.69, 9.17) is 15.2 Å². The molecular weight excluding hydrogens is 334 g/mol. The summed E-state index contributed by atoms with van der Waals surface area (Å²) < 4.78 is 10.5. The largest absolute Gasteiger partial charge is 0.493 e. The maximum Gasteiger partial charge on any atom is 0.255 e. The number of primary amides is 1. The number of benzene rings is 2. The molecule has 0 radical (unpaired) electrons. The average molecular weight is 355 g/mol. The first kappa shape index (κ1) is 17.6. The molecule has 1 aliphatic heterocycles. The number of anilines is 2. The van der Waals surface area contributed by atoms with Crippen molar-refractivity contribution in [1.82, 2.24) is 0 Å². The third-order valence-corrected chi connectivity index (χ3v) is 4.10. The molecule has 3 rings (SSSR count). The minimum atomic E-state index is -0.587. The number of fused-ring (bicyclic) bond motifs is 1. The first-order valence-electron chi connectivity index (χ1n) is 8.34. The SMILES string of the molecule is COc1cc(C(=O)Nc2ccc3c(c2)CCCN3)ccc1OCC(N)=O. The smallest absolute Gasteiger partial charge is 0.255 e. The van der Waals surface area contributed by atoms with Crippen molar-refractivity contribution in [3.63, 3.8) is 0 Å². The Morgan fingerprint density at radius 3 is 2.81 bits per heavy atom. The van der Waals surface area contributed by atoms with Gasteiger partial charge >= 0.3 is 0 Å². The molecule has 7 heteroatoms. The first-order valence-corrected chi connectivity index (χ1v) is 8.34. The fourth-order valence-corrected chi connectivity index (χ4v) is 2.83. The van der Waals surface area contributed by atoms with Crippen molar-refractivity contribution in [2.24, 2.45) is 5.73 Å². The van der Waals surface area contributed by atoms with Crippen LogP contribution < -0.4 is 25.8 Å². The molecular formula is C19H21N3O4. The Bertz CT molecular complexity index is 836. The number of amides is 2. The summed E-state index contributed by atoms with van der Waals surface area (Å²) >= 11 is 0. The summed E-state index contributed by atoms with van der Waals surface area (Å²) in [7, 11) is 1.46. The molecule has 0 unspecified atom stereocenters. The number of nitrogens with two attached hydrogens (primary N) is 1. The molecule has 4 N–H and O–H groups in total. The van der Waals surface area contributed by atoms with E-state index in [1.165, 1.54) is 12.7 Å². The van der Waals surface area contributed by atoms with Gasteiger partial charge in [0.25, 0.3) is 11.8 Å². The zero-order valence-electron chi connectivity index (χ0n) is 14.5. The Labute approximate surface area is 151 Å². The Morgan fingerprint density at radius 1 is 1.19 bits per heavy atom. The topological polar surface area (TPSA) is 103 Å². The number of aryl methyl sites for hydroxylation is 1. The molecule has 0 fully saturated rings. The molecule has 2 aromatic rings. The van der Waals surface area contributed by atoms with Crippen molar-refractivity contribution in [1.29, 1.82) is 0 Å². The van der Waals surface area contributed by atoms with Crippen LogP contribution in [0.2, 0.25) is 0 Å². The number of nitrogens with one attached hydrogen (secondary N) is 2. The Kier molecular flexibility index (Phi) is 5.26. The van der Waals surface area contributed by atoms with Gasteiger partial charge in [0.15, 0.2) is 18.1 Å². The summed E-state index contributed by atoms with van der Waals surface area (Å²) in [6.45, 7) is 0.716. The monoisotopic (exact) mass is 355 g/mol. The summed E-state index contributed by atoms with van der Waals surface area (Å²) in [6, 6.07) is 10.6. The van der Waals surface area contributed by atoms with Gasteiger partial charge in [-0.2, -0.15) is 0 Å². The molecule has 0 saturated heterocycles. The third kappa shape index (κ3) is 4.05. The molecule has 2 aromatic carbocycles.